The number of aromatic nitrogens is 1. The lowest BCUT2D eigenvalue weighted by atomic mass is 10.2. The van der Waals surface area contributed by atoms with E-state index in [0.29, 0.717) is 12.1 Å². The Morgan fingerprint density at radius 3 is 2.41 bits per heavy atom. The van der Waals surface area contributed by atoms with Crippen molar-refractivity contribution >= 4 is 28.9 Å². The molecule has 1 heterocycles. The molecule has 0 unspecified atom stereocenters. The number of halogens is 5. The van der Waals surface area contributed by atoms with E-state index in [1.54, 1.807) is 25.3 Å². The Bertz CT molecular complexity index is 615. The van der Waals surface area contributed by atoms with E-state index >= 15 is 0 Å². The lowest BCUT2D eigenvalue weighted by Crippen LogP contribution is -2.14. The second kappa shape index (κ2) is 7.79. The molecule has 0 atom stereocenters. The smallest absolute Gasteiger partial charge is 0.255 e. The van der Waals surface area contributed by atoms with Crippen molar-refractivity contribution in [2.75, 3.05) is 0 Å². The van der Waals surface area contributed by atoms with Crippen molar-refractivity contribution in [2.45, 2.75) is 33.4 Å². The number of allylic oxidation sites excluding steroid dienone is 3. The molecule has 0 aliphatic heterocycles. The fourth-order valence-corrected chi connectivity index (χ4v) is 2.31. The van der Waals surface area contributed by atoms with Gasteiger partial charge in [0, 0.05) is 6.20 Å². The molecule has 22 heavy (non-hydrogen) atoms. The maximum atomic E-state index is 13.1. The van der Waals surface area contributed by atoms with Crippen molar-refractivity contribution in [2.24, 2.45) is 4.99 Å². The lowest BCUT2D eigenvalue weighted by molar-refractivity contribution is -0.0890. The Kier molecular flexibility index (Phi) is 6.63. The zero-order chi connectivity index (χ0) is 16.9. The van der Waals surface area contributed by atoms with Crippen LogP contribution in [0.1, 0.15) is 31.5 Å². The minimum Gasteiger partial charge on any atom is -0.255 e. The Balaban J connectivity index is 3.32. The molecule has 0 fully saturated rings. The van der Waals surface area contributed by atoms with E-state index in [0.717, 1.165) is 5.56 Å². The molecule has 0 aliphatic rings. The van der Waals surface area contributed by atoms with Crippen molar-refractivity contribution in [3.63, 3.8) is 0 Å². The summed E-state index contributed by atoms with van der Waals surface area (Å²) < 4.78 is 39.3. The van der Waals surface area contributed by atoms with Gasteiger partial charge in [-0.2, -0.15) is 13.2 Å². The Hall–Kier alpha value is -1.33. The molecule has 1 aromatic heterocycles. The Morgan fingerprint density at radius 1 is 1.32 bits per heavy atom. The average Bonchev–Trinajstić information content (AvgIpc) is 2.37. The van der Waals surface area contributed by atoms with Crippen LogP contribution in [0.2, 0.25) is 0 Å². The van der Waals surface area contributed by atoms with Gasteiger partial charge in [-0.3, -0.25) is 4.98 Å². The first-order valence-corrected chi connectivity index (χ1v) is 7.23. The van der Waals surface area contributed by atoms with Crippen LogP contribution in [0.25, 0.3) is 0 Å². The SMILES string of the molecule is CC/C=C(Cl)/C(=C(/Cl)N=C(C)c1ccc(C)cn1)C(F)(F)F. The fourth-order valence-electron chi connectivity index (χ4n) is 1.57. The van der Waals surface area contributed by atoms with Crippen molar-refractivity contribution in [3.8, 4) is 0 Å². The van der Waals surface area contributed by atoms with E-state index in [1.165, 1.54) is 13.0 Å². The number of aliphatic imine (C=N–C) groups is 1. The number of nitrogens with zero attached hydrogens (tertiary/aromatic N) is 2. The van der Waals surface area contributed by atoms with Crippen molar-refractivity contribution in [1.82, 2.24) is 4.98 Å². The highest BCUT2D eigenvalue weighted by Crippen LogP contribution is 2.37. The molecule has 0 N–H and O–H groups in total. The van der Waals surface area contributed by atoms with Crippen LogP contribution in [-0.4, -0.2) is 16.9 Å². The van der Waals surface area contributed by atoms with Crippen LogP contribution in [0.4, 0.5) is 13.2 Å². The van der Waals surface area contributed by atoms with Gasteiger partial charge >= 0.3 is 6.18 Å². The van der Waals surface area contributed by atoms with E-state index in [4.69, 9.17) is 23.2 Å². The maximum Gasteiger partial charge on any atom is 0.420 e. The highest BCUT2D eigenvalue weighted by Gasteiger charge is 2.38. The van der Waals surface area contributed by atoms with Crippen LogP contribution in [0, 0.1) is 6.92 Å². The fraction of sp³-hybridized carbons (Fsp3) is 0.333. The van der Waals surface area contributed by atoms with Gasteiger partial charge in [0.1, 0.15) is 10.7 Å². The van der Waals surface area contributed by atoms with Gasteiger partial charge in [0.25, 0.3) is 0 Å². The standard InChI is InChI=1S/C15H15Cl2F3N2/c1-4-5-11(16)13(15(18,19)20)14(17)22-10(3)12-7-6-9(2)8-21-12/h5-8H,4H2,1-3H3/b11-5-,14-13+,22-10?. The quantitative estimate of drug-likeness (QED) is 0.385. The topological polar surface area (TPSA) is 25.2 Å². The van der Waals surface area contributed by atoms with Gasteiger partial charge in [0.15, 0.2) is 0 Å². The first-order valence-electron chi connectivity index (χ1n) is 6.48. The van der Waals surface area contributed by atoms with E-state index in [1.807, 2.05) is 6.92 Å². The van der Waals surface area contributed by atoms with Crippen molar-refractivity contribution in [1.29, 1.82) is 0 Å². The second-order valence-electron chi connectivity index (χ2n) is 4.54. The molecule has 1 aromatic rings. The van der Waals surface area contributed by atoms with Gasteiger partial charge < -0.3 is 0 Å². The second-order valence-corrected chi connectivity index (χ2v) is 5.31. The third-order valence-electron chi connectivity index (χ3n) is 2.66. The number of alkyl halides is 3. The summed E-state index contributed by atoms with van der Waals surface area (Å²) in [4.78, 5) is 7.89. The van der Waals surface area contributed by atoms with Gasteiger partial charge in [0.2, 0.25) is 0 Å². The summed E-state index contributed by atoms with van der Waals surface area (Å²) in [5, 5.41) is -1.17. The molecule has 0 bridgehead atoms. The first-order chi connectivity index (χ1) is 10.2. The molecule has 0 radical (unpaired) electrons. The summed E-state index contributed by atoms with van der Waals surface area (Å²) in [5.74, 6) is 0. The zero-order valence-electron chi connectivity index (χ0n) is 12.3. The predicted molar refractivity (Wildman–Crippen MR) is 84.3 cm³/mol. The molecular formula is C15H15Cl2F3N2. The normalized spacial score (nSPS) is 14.9. The minimum absolute atomic E-state index is 0.271. The molecule has 2 nitrogen and oxygen atoms in total. The highest BCUT2D eigenvalue weighted by molar-refractivity contribution is 6.36. The molecular weight excluding hydrogens is 336 g/mol. The van der Waals surface area contributed by atoms with Gasteiger partial charge in [-0.05, 0) is 31.9 Å². The summed E-state index contributed by atoms with van der Waals surface area (Å²) in [7, 11) is 0. The zero-order valence-corrected chi connectivity index (χ0v) is 13.8. The van der Waals surface area contributed by atoms with Gasteiger partial charge in [-0.1, -0.05) is 42.3 Å². The van der Waals surface area contributed by atoms with E-state index in [-0.39, 0.29) is 5.71 Å². The van der Waals surface area contributed by atoms with Crippen LogP contribution in [0.3, 0.4) is 0 Å². The minimum atomic E-state index is -4.69. The van der Waals surface area contributed by atoms with E-state index in [9.17, 15) is 13.2 Å². The van der Waals surface area contributed by atoms with Gasteiger partial charge in [0.05, 0.1) is 16.4 Å². The number of aryl methyl sites for hydroxylation is 1. The molecule has 0 saturated carbocycles. The summed E-state index contributed by atoms with van der Waals surface area (Å²) in [6, 6.07) is 3.45. The predicted octanol–water partition coefficient (Wildman–Crippen LogP) is 5.74. The lowest BCUT2D eigenvalue weighted by Gasteiger charge is -2.12. The van der Waals surface area contributed by atoms with Gasteiger partial charge in [-0.15, -0.1) is 0 Å². The molecule has 0 aromatic carbocycles. The molecule has 0 spiro atoms. The molecule has 0 aliphatic carbocycles. The third-order valence-corrected chi connectivity index (χ3v) is 3.28. The Morgan fingerprint density at radius 2 is 1.95 bits per heavy atom. The first kappa shape index (κ1) is 18.7. The third kappa shape index (κ3) is 5.14. The number of pyridine rings is 1. The van der Waals surface area contributed by atoms with E-state index < -0.39 is 21.9 Å². The molecule has 7 heteroatoms. The van der Waals surface area contributed by atoms with Crippen LogP contribution in [-0.2, 0) is 0 Å². The van der Waals surface area contributed by atoms with Crippen LogP contribution >= 0.6 is 23.2 Å². The average molecular weight is 351 g/mol. The molecule has 0 saturated heterocycles. The molecule has 120 valence electrons. The van der Waals surface area contributed by atoms with E-state index in [2.05, 4.69) is 9.98 Å². The number of hydrogen-bond donors (Lipinski definition) is 0. The van der Waals surface area contributed by atoms with Crippen molar-refractivity contribution < 1.29 is 13.2 Å². The maximum absolute atomic E-state index is 13.1. The molecule has 1 rings (SSSR count). The van der Waals surface area contributed by atoms with Crippen LogP contribution in [0.5, 0.6) is 0 Å². The largest absolute Gasteiger partial charge is 0.420 e. The summed E-state index contributed by atoms with van der Waals surface area (Å²) >= 11 is 11.4. The summed E-state index contributed by atoms with van der Waals surface area (Å²) in [6.07, 6.45) is -1.50. The van der Waals surface area contributed by atoms with Gasteiger partial charge in [-0.25, -0.2) is 4.99 Å². The summed E-state index contributed by atoms with van der Waals surface area (Å²) in [6.45, 7) is 5.06. The monoisotopic (exact) mass is 350 g/mol. The Labute approximate surface area is 137 Å². The van der Waals surface area contributed by atoms with Crippen molar-refractivity contribution in [3.05, 3.63) is 51.4 Å². The number of rotatable bonds is 4. The summed E-state index contributed by atoms with van der Waals surface area (Å²) in [5.41, 5.74) is 0.501. The molecule has 0 amide bonds. The highest BCUT2D eigenvalue weighted by atomic mass is 35.5. The van der Waals surface area contributed by atoms with Crippen LogP contribution < -0.4 is 0 Å². The number of hydrogen-bond acceptors (Lipinski definition) is 2. The van der Waals surface area contributed by atoms with Crippen LogP contribution in [0.15, 0.2) is 45.2 Å².